The normalized spacial score (nSPS) is 27.0. The largest absolute Gasteiger partial charge is 0.333 e. The fraction of sp³-hybridized carbons (Fsp3) is 0.500. The van der Waals surface area contributed by atoms with Gasteiger partial charge >= 0.3 is 5.97 Å². The Bertz CT molecular complexity index is 619. The van der Waals surface area contributed by atoms with Crippen LogP contribution in [0.3, 0.4) is 0 Å². The third kappa shape index (κ3) is 3.00. The van der Waals surface area contributed by atoms with Crippen molar-refractivity contribution in [3.63, 3.8) is 0 Å². The van der Waals surface area contributed by atoms with Gasteiger partial charge in [-0.25, -0.2) is 4.79 Å². The molecule has 2 aliphatic rings. The molecule has 0 N–H and O–H groups in total. The summed E-state index contributed by atoms with van der Waals surface area (Å²) in [5.74, 6) is -0.108. The van der Waals surface area contributed by atoms with Crippen molar-refractivity contribution in [1.29, 1.82) is 0 Å². The van der Waals surface area contributed by atoms with Gasteiger partial charge < -0.3 is 4.84 Å². The molecule has 5 heteroatoms. The van der Waals surface area contributed by atoms with Crippen molar-refractivity contribution in [3.8, 4) is 0 Å². The van der Waals surface area contributed by atoms with Crippen molar-refractivity contribution in [2.75, 3.05) is 0 Å². The molecular weight excluding hydrogens is 294 g/mol. The maximum absolute atomic E-state index is 12.2. The molecule has 3 unspecified atom stereocenters. The summed E-state index contributed by atoms with van der Waals surface area (Å²) in [5, 5.41) is 0.599. The number of amides is 2. The van der Waals surface area contributed by atoms with E-state index < -0.39 is 17.8 Å². The van der Waals surface area contributed by atoms with Crippen LogP contribution in [0.15, 0.2) is 24.3 Å². The van der Waals surface area contributed by atoms with Crippen LogP contribution in [0.1, 0.15) is 60.2 Å². The monoisotopic (exact) mass is 315 g/mol. The molecule has 1 aromatic carbocycles. The second-order valence-corrected chi connectivity index (χ2v) is 6.75. The number of hydroxylamine groups is 2. The maximum atomic E-state index is 12.2. The lowest BCUT2D eigenvalue weighted by molar-refractivity contribution is -0.170. The van der Waals surface area contributed by atoms with Gasteiger partial charge in [0.1, 0.15) is 0 Å². The lowest BCUT2D eigenvalue weighted by Gasteiger charge is -2.31. The number of carbonyl (C=O) groups excluding carboxylic acids is 3. The first-order valence-corrected chi connectivity index (χ1v) is 8.16. The van der Waals surface area contributed by atoms with E-state index in [1.54, 1.807) is 24.3 Å². The fourth-order valence-corrected chi connectivity index (χ4v) is 3.47. The Labute approximate surface area is 135 Å². The third-order valence-corrected chi connectivity index (χ3v) is 5.11. The first-order chi connectivity index (χ1) is 11.0. The molecule has 3 rings (SSSR count). The van der Waals surface area contributed by atoms with Crippen LogP contribution in [-0.4, -0.2) is 22.8 Å². The van der Waals surface area contributed by atoms with E-state index in [1.807, 2.05) is 0 Å². The topological polar surface area (TPSA) is 63.7 Å². The Morgan fingerprint density at radius 2 is 1.70 bits per heavy atom. The minimum absolute atomic E-state index is 0.254. The van der Waals surface area contributed by atoms with Crippen LogP contribution in [0.5, 0.6) is 0 Å². The predicted octanol–water partition coefficient (Wildman–Crippen LogP) is 3.20. The molecule has 122 valence electrons. The van der Waals surface area contributed by atoms with Gasteiger partial charge in [-0.1, -0.05) is 37.5 Å². The lowest BCUT2D eigenvalue weighted by Crippen LogP contribution is -2.33. The smallest absolute Gasteiger partial charge is 0.330 e. The molecule has 0 bridgehead atoms. The van der Waals surface area contributed by atoms with Crippen molar-refractivity contribution in [1.82, 2.24) is 5.06 Å². The van der Waals surface area contributed by atoms with E-state index in [2.05, 4.69) is 13.8 Å². The summed E-state index contributed by atoms with van der Waals surface area (Å²) >= 11 is 0. The molecule has 1 fully saturated rings. The molecule has 1 aliphatic heterocycles. The van der Waals surface area contributed by atoms with Crippen LogP contribution < -0.4 is 0 Å². The Morgan fingerprint density at radius 3 is 2.26 bits per heavy atom. The van der Waals surface area contributed by atoms with Gasteiger partial charge in [0.15, 0.2) is 0 Å². The van der Waals surface area contributed by atoms with Gasteiger partial charge in [0.25, 0.3) is 11.8 Å². The number of imide groups is 1. The van der Waals surface area contributed by atoms with Crippen LogP contribution in [0, 0.1) is 17.8 Å². The molecule has 3 atom stereocenters. The minimum Gasteiger partial charge on any atom is -0.330 e. The molecule has 0 radical (unpaired) electrons. The van der Waals surface area contributed by atoms with Gasteiger partial charge in [-0.15, -0.1) is 0 Å². The summed E-state index contributed by atoms with van der Waals surface area (Å²) in [6.07, 6.45) is 3.33. The Balaban J connectivity index is 1.61. The molecule has 0 saturated heterocycles. The van der Waals surface area contributed by atoms with Gasteiger partial charge in [0.05, 0.1) is 17.5 Å². The minimum atomic E-state index is -0.565. The number of benzene rings is 1. The highest BCUT2D eigenvalue weighted by molar-refractivity contribution is 6.20. The zero-order valence-electron chi connectivity index (χ0n) is 13.5. The van der Waals surface area contributed by atoms with Crippen molar-refractivity contribution in [2.24, 2.45) is 17.8 Å². The number of fused-ring (bicyclic) bond motifs is 1. The summed E-state index contributed by atoms with van der Waals surface area (Å²) in [5.41, 5.74) is 0.566. The van der Waals surface area contributed by atoms with Gasteiger partial charge in [0.2, 0.25) is 0 Å². The van der Waals surface area contributed by atoms with E-state index in [4.69, 9.17) is 4.84 Å². The fourth-order valence-electron chi connectivity index (χ4n) is 3.47. The van der Waals surface area contributed by atoms with Crippen LogP contribution >= 0.6 is 0 Å². The van der Waals surface area contributed by atoms with Crippen molar-refractivity contribution in [3.05, 3.63) is 35.4 Å². The second-order valence-electron chi connectivity index (χ2n) is 6.75. The Morgan fingerprint density at radius 1 is 1.09 bits per heavy atom. The second kappa shape index (κ2) is 6.14. The number of nitrogens with zero attached hydrogens (tertiary/aromatic N) is 1. The highest BCUT2D eigenvalue weighted by Crippen LogP contribution is 2.35. The van der Waals surface area contributed by atoms with Gasteiger partial charge in [0, 0.05) is 0 Å². The standard InChI is InChI=1S/C18H21NO4/c1-11-7-8-13(9-12(11)2)10-16(20)23-19-17(21)14-5-3-4-6-15(14)18(19)22/h3-6,11-13H,7-10H2,1-2H3. The quantitative estimate of drug-likeness (QED) is 0.804. The zero-order valence-corrected chi connectivity index (χ0v) is 13.5. The Hall–Kier alpha value is -2.17. The van der Waals surface area contributed by atoms with Crippen molar-refractivity contribution >= 4 is 17.8 Å². The molecule has 23 heavy (non-hydrogen) atoms. The SMILES string of the molecule is CC1CCC(CC(=O)ON2C(=O)c3ccccc3C2=O)CC1C. The molecule has 2 amide bonds. The number of hydrogen-bond acceptors (Lipinski definition) is 4. The zero-order chi connectivity index (χ0) is 16.6. The van der Waals surface area contributed by atoms with Crippen LogP contribution in [-0.2, 0) is 9.63 Å². The van der Waals surface area contributed by atoms with Gasteiger partial charge in [-0.05, 0) is 42.7 Å². The molecule has 1 heterocycles. The van der Waals surface area contributed by atoms with Gasteiger partial charge in [-0.3, -0.25) is 9.59 Å². The molecular formula is C18H21NO4. The van der Waals surface area contributed by atoms with Gasteiger partial charge in [-0.2, -0.15) is 0 Å². The molecule has 0 spiro atoms. The van der Waals surface area contributed by atoms with E-state index >= 15 is 0 Å². The van der Waals surface area contributed by atoms with E-state index in [0.29, 0.717) is 16.9 Å². The third-order valence-electron chi connectivity index (χ3n) is 5.11. The summed E-state index contributed by atoms with van der Waals surface area (Å²) < 4.78 is 0. The van der Waals surface area contributed by atoms with Crippen LogP contribution in [0.25, 0.3) is 0 Å². The molecule has 0 aromatic heterocycles. The van der Waals surface area contributed by atoms with Crippen LogP contribution in [0.2, 0.25) is 0 Å². The first kappa shape index (κ1) is 15.7. The first-order valence-electron chi connectivity index (χ1n) is 8.16. The molecule has 1 aliphatic carbocycles. The van der Waals surface area contributed by atoms with Crippen LogP contribution in [0.4, 0.5) is 0 Å². The molecule has 5 nitrogen and oxygen atoms in total. The highest BCUT2D eigenvalue weighted by atomic mass is 16.7. The number of hydrogen-bond donors (Lipinski definition) is 0. The average Bonchev–Trinajstić information content (AvgIpc) is 2.76. The van der Waals surface area contributed by atoms with Crippen molar-refractivity contribution < 1.29 is 19.2 Å². The summed E-state index contributed by atoms with van der Waals surface area (Å²) in [7, 11) is 0. The molecule has 1 aromatic rings. The number of rotatable bonds is 3. The van der Waals surface area contributed by atoms with E-state index in [9.17, 15) is 14.4 Å². The van der Waals surface area contributed by atoms with E-state index in [1.165, 1.54) is 0 Å². The summed E-state index contributed by atoms with van der Waals surface area (Å²) in [6.45, 7) is 4.43. The lowest BCUT2D eigenvalue weighted by atomic mass is 9.75. The summed E-state index contributed by atoms with van der Waals surface area (Å²) in [6, 6.07) is 6.49. The average molecular weight is 315 g/mol. The van der Waals surface area contributed by atoms with E-state index in [-0.39, 0.29) is 23.5 Å². The van der Waals surface area contributed by atoms with E-state index in [0.717, 1.165) is 19.3 Å². The highest BCUT2D eigenvalue weighted by Gasteiger charge is 2.39. The molecule has 1 saturated carbocycles. The maximum Gasteiger partial charge on any atom is 0.333 e. The van der Waals surface area contributed by atoms with Crippen molar-refractivity contribution in [2.45, 2.75) is 39.5 Å². The Kier molecular flexibility index (Phi) is 4.20. The number of carbonyl (C=O) groups is 3. The summed E-state index contributed by atoms with van der Waals surface area (Å²) in [4.78, 5) is 41.5. The predicted molar refractivity (Wildman–Crippen MR) is 83.3 cm³/mol.